The fourth-order valence-corrected chi connectivity index (χ4v) is 3.07. The van der Waals surface area contributed by atoms with E-state index in [1.165, 1.54) is 5.56 Å². The monoisotopic (exact) mass is 443 g/mol. The van der Waals surface area contributed by atoms with Crippen molar-refractivity contribution >= 4 is 29.3 Å². The number of carboxylic acid groups (broad SMARTS) is 1. The van der Waals surface area contributed by atoms with E-state index in [9.17, 15) is 14.4 Å². The van der Waals surface area contributed by atoms with Crippen LogP contribution in [0.3, 0.4) is 0 Å². The van der Waals surface area contributed by atoms with Gasteiger partial charge in [-0.3, -0.25) is 4.79 Å². The van der Waals surface area contributed by atoms with Gasteiger partial charge in [-0.1, -0.05) is 56.8 Å². The summed E-state index contributed by atoms with van der Waals surface area (Å²) in [5.41, 5.74) is 4.25. The van der Waals surface area contributed by atoms with Gasteiger partial charge in [-0.2, -0.15) is 0 Å². The minimum atomic E-state index is -1.29. The average molecular weight is 444 g/mol. The molecule has 0 saturated carbocycles. The second-order valence-corrected chi connectivity index (χ2v) is 7.75. The molecule has 0 aliphatic rings. The molecule has 0 aromatic heterocycles. The summed E-state index contributed by atoms with van der Waals surface area (Å²) in [6.45, 7) is 7.51. The van der Waals surface area contributed by atoms with Gasteiger partial charge < -0.3 is 21.1 Å². The fourth-order valence-electron chi connectivity index (χ4n) is 3.07. The van der Waals surface area contributed by atoms with E-state index in [1.54, 1.807) is 36.4 Å². The Labute approximate surface area is 192 Å². The number of rotatable bonds is 7. The topological polar surface area (TPSA) is 108 Å². The molecule has 0 saturated heterocycles. The maximum Gasteiger partial charge on any atom is 0.351 e. The van der Waals surface area contributed by atoms with Crippen LogP contribution >= 0.6 is 0 Å². The van der Waals surface area contributed by atoms with Crippen LogP contribution in [0.25, 0.3) is 11.1 Å². The van der Waals surface area contributed by atoms with Crippen molar-refractivity contribution in [1.82, 2.24) is 5.32 Å². The first-order valence-corrected chi connectivity index (χ1v) is 10.3. The summed E-state index contributed by atoms with van der Waals surface area (Å²) in [5.74, 6) is -1.40. The molecule has 3 amide bonds. The van der Waals surface area contributed by atoms with Gasteiger partial charge in [0.05, 0.1) is 0 Å². The first kappa shape index (κ1) is 23.3. The summed E-state index contributed by atoms with van der Waals surface area (Å²) in [5, 5.41) is 16.6. The molecule has 4 N–H and O–H groups in total. The van der Waals surface area contributed by atoms with Crippen molar-refractivity contribution in [3.8, 4) is 11.1 Å². The Balaban J connectivity index is 1.59. The standard InChI is InChI=1S/C26H25N3O4/c1-16(2)18-8-12-22(13-9-18)28-26(33)29-23-14-10-20(11-15-23)19-4-6-21(7-5-19)24(30)27-17(3)25(31)32/h4-16H,3H2,1-2H3,(H,27,30)(H,31,32)(H2,28,29,33). The molecule has 0 atom stereocenters. The third-order valence-electron chi connectivity index (χ3n) is 4.98. The summed E-state index contributed by atoms with van der Waals surface area (Å²) in [6.07, 6.45) is 0. The van der Waals surface area contributed by atoms with Gasteiger partial charge in [-0.25, -0.2) is 9.59 Å². The number of aliphatic carboxylic acids is 1. The van der Waals surface area contributed by atoms with Crippen LogP contribution < -0.4 is 16.0 Å². The van der Waals surface area contributed by atoms with E-state index < -0.39 is 11.9 Å². The number of hydrogen-bond acceptors (Lipinski definition) is 3. The van der Waals surface area contributed by atoms with Crippen LogP contribution in [0.5, 0.6) is 0 Å². The van der Waals surface area contributed by atoms with E-state index in [2.05, 4.69) is 36.4 Å². The van der Waals surface area contributed by atoms with Gasteiger partial charge in [0.2, 0.25) is 0 Å². The lowest BCUT2D eigenvalue weighted by Gasteiger charge is -2.10. The molecule has 3 aromatic rings. The number of carbonyl (C=O) groups excluding carboxylic acids is 2. The molecule has 0 radical (unpaired) electrons. The number of benzene rings is 3. The zero-order valence-corrected chi connectivity index (χ0v) is 18.4. The van der Waals surface area contributed by atoms with Crippen molar-refractivity contribution in [3.05, 3.63) is 96.2 Å². The highest BCUT2D eigenvalue weighted by atomic mass is 16.4. The van der Waals surface area contributed by atoms with Gasteiger partial charge in [-0.05, 0) is 59.0 Å². The lowest BCUT2D eigenvalue weighted by molar-refractivity contribution is -0.132. The van der Waals surface area contributed by atoms with Gasteiger partial charge >= 0.3 is 12.0 Å². The van der Waals surface area contributed by atoms with Crippen molar-refractivity contribution < 1.29 is 19.5 Å². The van der Waals surface area contributed by atoms with Gasteiger partial charge in [0, 0.05) is 16.9 Å². The third-order valence-corrected chi connectivity index (χ3v) is 4.98. The molecule has 33 heavy (non-hydrogen) atoms. The maximum atomic E-state index is 12.3. The number of urea groups is 1. The van der Waals surface area contributed by atoms with Crippen molar-refractivity contribution in [2.75, 3.05) is 10.6 Å². The Morgan fingerprint density at radius 2 is 1.21 bits per heavy atom. The molecule has 0 heterocycles. The number of carboxylic acids is 1. The predicted octanol–water partition coefficient (Wildman–Crippen LogP) is 5.45. The smallest absolute Gasteiger partial charge is 0.351 e. The highest BCUT2D eigenvalue weighted by Gasteiger charge is 2.11. The first-order valence-electron chi connectivity index (χ1n) is 10.3. The molecule has 0 aliphatic heterocycles. The molecule has 0 aliphatic carbocycles. The second-order valence-electron chi connectivity index (χ2n) is 7.75. The quantitative estimate of drug-likeness (QED) is 0.364. The minimum absolute atomic E-state index is 0.317. The zero-order chi connectivity index (χ0) is 24.0. The molecule has 3 rings (SSSR count). The normalized spacial score (nSPS) is 10.4. The van der Waals surface area contributed by atoms with Crippen molar-refractivity contribution in [3.63, 3.8) is 0 Å². The van der Waals surface area contributed by atoms with Gasteiger partial charge in [0.15, 0.2) is 0 Å². The van der Waals surface area contributed by atoms with Crippen LogP contribution in [0.15, 0.2) is 85.1 Å². The van der Waals surface area contributed by atoms with E-state index in [4.69, 9.17) is 5.11 Å². The van der Waals surface area contributed by atoms with Crippen LogP contribution in [0.2, 0.25) is 0 Å². The molecule has 3 aromatic carbocycles. The SMILES string of the molecule is C=C(NC(=O)c1ccc(-c2ccc(NC(=O)Nc3ccc(C(C)C)cc3)cc2)cc1)C(=O)O. The summed E-state index contributed by atoms with van der Waals surface area (Å²) < 4.78 is 0. The van der Waals surface area contributed by atoms with E-state index >= 15 is 0 Å². The maximum absolute atomic E-state index is 12.3. The van der Waals surface area contributed by atoms with E-state index in [0.29, 0.717) is 22.9 Å². The second kappa shape index (κ2) is 10.3. The third kappa shape index (κ3) is 6.30. The van der Waals surface area contributed by atoms with Crippen LogP contribution in [0.4, 0.5) is 16.2 Å². The van der Waals surface area contributed by atoms with Crippen LogP contribution in [0.1, 0.15) is 35.7 Å². The van der Waals surface area contributed by atoms with E-state index in [0.717, 1.165) is 11.1 Å². The lowest BCUT2D eigenvalue weighted by atomic mass is 10.0. The molecule has 0 fully saturated rings. The Morgan fingerprint density at radius 1 is 0.758 bits per heavy atom. The van der Waals surface area contributed by atoms with Crippen molar-refractivity contribution in [2.45, 2.75) is 19.8 Å². The molecule has 7 heteroatoms. The highest BCUT2D eigenvalue weighted by Crippen LogP contribution is 2.22. The highest BCUT2D eigenvalue weighted by molar-refractivity contribution is 6.01. The Hall–Kier alpha value is -4.39. The number of anilines is 2. The minimum Gasteiger partial charge on any atom is -0.477 e. The average Bonchev–Trinajstić information content (AvgIpc) is 2.80. The van der Waals surface area contributed by atoms with Gasteiger partial charge in [-0.15, -0.1) is 0 Å². The van der Waals surface area contributed by atoms with Crippen LogP contribution in [0, 0.1) is 0 Å². The van der Waals surface area contributed by atoms with Gasteiger partial charge in [0.25, 0.3) is 5.91 Å². The number of hydrogen-bond donors (Lipinski definition) is 4. The van der Waals surface area contributed by atoms with Gasteiger partial charge in [0.1, 0.15) is 5.70 Å². The molecular formula is C26H25N3O4. The van der Waals surface area contributed by atoms with Crippen LogP contribution in [-0.4, -0.2) is 23.0 Å². The lowest BCUT2D eigenvalue weighted by Crippen LogP contribution is -2.26. The van der Waals surface area contributed by atoms with Crippen LogP contribution in [-0.2, 0) is 4.79 Å². The fraction of sp³-hybridized carbons (Fsp3) is 0.115. The molecule has 7 nitrogen and oxygen atoms in total. The largest absolute Gasteiger partial charge is 0.477 e. The number of nitrogens with one attached hydrogen (secondary N) is 3. The summed E-state index contributed by atoms with van der Waals surface area (Å²) in [7, 11) is 0. The van der Waals surface area contributed by atoms with Crippen molar-refractivity contribution in [1.29, 1.82) is 0 Å². The summed E-state index contributed by atoms with van der Waals surface area (Å²) >= 11 is 0. The Morgan fingerprint density at radius 3 is 1.67 bits per heavy atom. The Bertz CT molecular complexity index is 1170. The molecule has 0 unspecified atom stereocenters. The zero-order valence-electron chi connectivity index (χ0n) is 18.4. The molecule has 168 valence electrons. The number of amides is 3. The van der Waals surface area contributed by atoms with E-state index in [-0.39, 0.29) is 11.7 Å². The molecule has 0 spiro atoms. The molecule has 0 bridgehead atoms. The predicted molar refractivity (Wildman–Crippen MR) is 129 cm³/mol. The number of carbonyl (C=O) groups is 3. The summed E-state index contributed by atoms with van der Waals surface area (Å²) in [4.78, 5) is 35.1. The van der Waals surface area contributed by atoms with Crippen molar-refractivity contribution in [2.24, 2.45) is 0 Å². The summed E-state index contributed by atoms with van der Waals surface area (Å²) in [6, 6.07) is 21.4. The molecular weight excluding hydrogens is 418 g/mol. The Kier molecular flexibility index (Phi) is 7.25. The first-order chi connectivity index (χ1) is 15.7. The van der Waals surface area contributed by atoms with E-state index in [1.807, 2.05) is 36.4 Å².